The summed E-state index contributed by atoms with van der Waals surface area (Å²) in [5, 5.41) is 14.5. The van der Waals surface area contributed by atoms with Crippen LogP contribution in [-0.4, -0.2) is 30.1 Å². The monoisotopic (exact) mass is 370 g/mol. The van der Waals surface area contributed by atoms with Gasteiger partial charge in [0.15, 0.2) is 11.5 Å². The Morgan fingerprint density at radius 1 is 1.12 bits per heavy atom. The number of carbonyl (C=O) groups excluding carboxylic acids is 1. The first-order chi connectivity index (χ1) is 12.7. The Kier molecular flexibility index (Phi) is 4.28. The molecule has 0 aliphatic carbocycles. The van der Waals surface area contributed by atoms with E-state index in [0.717, 1.165) is 5.56 Å². The van der Waals surface area contributed by atoms with E-state index in [1.54, 1.807) is 25.3 Å². The van der Waals surface area contributed by atoms with Crippen molar-refractivity contribution in [1.82, 2.24) is 10.2 Å². The first-order valence-electron chi connectivity index (χ1n) is 7.67. The van der Waals surface area contributed by atoms with Crippen LogP contribution < -0.4 is 24.8 Å². The summed E-state index contributed by atoms with van der Waals surface area (Å²) in [5.74, 6) is 1.94. The third-order valence-electron chi connectivity index (χ3n) is 3.62. The molecule has 1 aromatic heterocycles. The number of ether oxygens (including phenoxy) is 3. The highest BCUT2D eigenvalue weighted by molar-refractivity contribution is 7.18. The molecule has 0 atom stereocenters. The largest absolute Gasteiger partial charge is 0.495 e. The standard InChI is InChI=1S/C17H14N4O4S/c1-23-12-5-3-2-4-11(12)18-16(22)19-17-21-20-15(26-17)10-6-7-13-14(8-10)25-9-24-13/h2-8H,9H2,1H3,(H2,18,19,21,22). The Bertz CT molecular complexity index is 959. The molecule has 26 heavy (non-hydrogen) atoms. The predicted octanol–water partition coefficient (Wildman–Crippen LogP) is 3.59. The number of methoxy groups -OCH3 is 1. The number of urea groups is 1. The van der Waals surface area contributed by atoms with E-state index < -0.39 is 6.03 Å². The van der Waals surface area contributed by atoms with Gasteiger partial charge in [0.1, 0.15) is 10.8 Å². The van der Waals surface area contributed by atoms with Crippen molar-refractivity contribution in [3.63, 3.8) is 0 Å². The van der Waals surface area contributed by atoms with Gasteiger partial charge in [-0.1, -0.05) is 23.5 Å². The summed E-state index contributed by atoms with van der Waals surface area (Å²) < 4.78 is 15.9. The smallest absolute Gasteiger partial charge is 0.325 e. The number of amides is 2. The minimum Gasteiger partial charge on any atom is -0.495 e. The summed E-state index contributed by atoms with van der Waals surface area (Å²) in [4.78, 5) is 12.2. The molecule has 0 saturated carbocycles. The SMILES string of the molecule is COc1ccccc1NC(=O)Nc1nnc(-c2ccc3c(c2)OCO3)s1. The first-order valence-corrected chi connectivity index (χ1v) is 8.49. The van der Waals surface area contributed by atoms with Gasteiger partial charge in [-0.05, 0) is 30.3 Å². The van der Waals surface area contributed by atoms with Crippen LogP contribution in [0, 0.1) is 0 Å². The van der Waals surface area contributed by atoms with E-state index in [1.807, 2.05) is 24.3 Å². The van der Waals surface area contributed by atoms with Gasteiger partial charge >= 0.3 is 6.03 Å². The second-order valence-electron chi connectivity index (χ2n) is 5.26. The van der Waals surface area contributed by atoms with Gasteiger partial charge in [-0.15, -0.1) is 10.2 Å². The summed E-state index contributed by atoms with van der Waals surface area (Å²) in [6, 6.07) is 12.2. The number of hydrogen-bond acceptors (Lipinski definition) is 7. The Hall–Kier alpha value is -3.33. The summed E-state index contributed by atoms with van der Waals surface area (Å²) in [5.41, 5.74) is 1.40. The zero-order chi connectivity index (χ0) is 17.9. The molecule has 3 aromatic rings. The topological polar surface area (TPSA) is 94.6 Å². The van der Waals surface area contributed by atoms with Gasteiger partial charge in [-0.25, -0.2) is 4.79 Å². The Morgan fingerprint density at radius 2 is 1.96 bits per heavy atom. The van der Waals surface area contributed by atoms with Gasteiger partial charge in [0.2, 0.25) is 11.9 Å². The number of para-hydroxylation sites is 2. The molecule has 9 heteroatoms. The lowest BCUT2D eigenvalue weighted by atomic mass is 10.2. The molecule has 0 unspecified atom stereocenters. The molecule has 0 radical (unpaired) electrons. The van der Waals surface area contributed by atoms with Crippen LogP contribution in [0.1, 0.15) is 0 Å². The third kappa shape index (κ3) is 3.24. The van der Waals surface area contributed by atoms with Crippen molar-refractivity contribution in [2.75, 3.05) is 24.5 Å². The van der Waals surface area contributed by atoms with Gasteiger partial charge in [0.25, 0.3) is 0 Å². The van der Waals surface area contributed by atoms with Crippen molar-refractivity contribution < 1.29 is 19.0 Å². The fourth-order valence-electron chi connectivity index (χ4n) is 2.42. The molecular weight excluding hydrogens is 356 g/mol. The minimum atomic E-state index is -0.428. The molecule has 8 nitrogen and oxygen atoms in total. The molecule has 4 rings (SSSR count). The highest BCUT2D eigenvalue weighted by atomic mass is 32.1. The maximum absolute atomic E-state index is 12.2. The van der Waals surface area contributed by atoms with Gasteiger partial charge < -0.3 is 19.5 Å². The maximum Gasteiger partial charge on any atom is 0.325 e. The number of benzene rings is 2. The fourth-order valence-corrected chi connectivity index (χ4v) is 3.15. The van der Waals surface area contributed by atoms with E-state index in [9.17, 15) is 4.79 Å². The molecule has 132 valence electrons. The molecule has 2 amide bonds. The molecular formula is C17H14N4O4S. The van der Waals surface area contributed by atoms with Crippen molar-refractivity contribution in [3.05, 3.63) is 42.5 Å². The van der Waals surface area contributed by atoms with E-state index in [4.69, 9.17) is 14.2 Å². The fraction of sp³-hybridized carbons (Fsp3) is 0.118. The molecule has 1 aliphatic rings. The second-order valence-corrected chi connectivity index (χ2v) is 6.24. The Balaban J connectivity index is 1.46. The van der Waals surface area contributed by atoms with Crippen molar-refractivity contribution in [2.24, 2.45) is 0 Å². The van der Waals surface area contributed by atoms with Gasteiger partial charge in [-0.2, -0.15) is 0 Å². The van der Waals surface area contributed by atoms with Crippen LogP contribution in [0.25, 0.3) is 10.6 Å². The van der Waals surface area contributed by atoms with Crippen LogP contribution in [0.2, 0.25) is 0 Å². The average molecular weight is 370 g/mol. The van der Waals surface area contributed by atoms with Crippen LogP contribution >= 0.6 is 11.3 Å². The normalized spacial score (nSPS) is 11.9. The lowest BCUT2D eigenvalue weighted by molar-refractivity contribution is 0.174. The highest BCUT2D eigenvalue weighted by Crippen LogP contribution is 2.37. The zero-order valence-corrected chi connectivity index (χ0v) is 14.5. The summed E-state index contributed by atoms with van der Waals surface area (Å²) in [6.45, 7) is 0.213. The molecule has 2 heterocycles. The van der Waals surface area contributed by atoms with Crippen molar-refractivity contribution in [1.29, 1.82) is 0 Å². The summed E-state index contributed by atoms with van der Waals surface area (Å²) in [6.07, 6.45) is 0. The minimum absolute atomic E-state index is 0.213. The zero-order valence-electron chi connectivity index (χ0n) is 13.7. The number of anilines is 2. The number of hydrogen-bond donors (Lipinski definition) is 2. The van der Waals surface area contributed by atoms with Crippen LogP contribution in [0.15, 0.2) is 42.5 Å². The number of carbonyl (C=O) groups is 1. The lowest BCUT2D eigenvalue weighted by Gasteiger charge is -2.09. The number of fused-ring (bicyclic) bond motifs is 1. The van der Waals surface area contributed by atoms with E-state index in [-0.39, 0.29) is 6.79 Å². The summed E-state index contributed by atoms with van der Waals surface area (Å²) >= 11 is 1.26. The molecule has 0 bridgehead atoms. The van der Waals surface area contributed by atoms with Crippen molar-refractivity contribution in [3.8, 4) is 27.8 Å². The van der Waals surface area contributed by atoms with Crippen LogP contribution in [0.5, 0.6) is 17.2 Å². The number of nitrogens with one attached hydrogen (secondary N) is 2. The van der Waals surface area contributed by atoms with Crippen molar-refractivity contribution in [2.45, 2.75) is 0 Å². The van der Waals surface area contributed by atoms with Crippen molar-refractivity contribution >= 4 is 28.2 Å². The molecule has 2 N–H and O–H groups in total. The first kappa shape index (κ1) is 16.2. The van der Waals surface area contributed by atoms with Gasteiger partial charge in [0, 0.05) is 5.56 Å². The number of nitrogens with zero attached hydrogens (tertiary/aromatic N) is 2. The molecule has 0 spiro atoms. The van der Waals surface area contributed by atoms with E-state index in [2.05, 4.69) is 20.8 Å². The molecule has 0 fully saturated rings. The van der Waals surface area contributed by atoms with Gasteiger partial charge in [0.05, 0.1) is 12.8 Å². The van der Waals surface area contributed by atoms with Crippen LogP contribution in [0.4, 0.5) is 15.6 Å². The predicted molar refractivity (Wildman–Crippen MR) is 97.1 cm³/mol. The third-order valence-corrected chi connectivity index (χ3v) is 4.51. The van der Waals surface area contributed by atoms with E-state index in [1.165, 1.54) is 11.3 Å². The lowest BCUT2D eigenvalue weighted by Crippen LogP contribution is -2.19. The van der Waals surface area contributed by atoms with E-state index in [0.29, 0.717) is 33.1 Å². The van der Waals surface area contributed by atoms with Crippen LogP contribution in [0.3, 0.4) is 0 Å². The number of rotatable bonds is 4. The molecule has 1 aliphatic heterocycles. The second kappa shape index (κ2) is 6.89. The highest BCUT2D eigenvalue weighted by Gasteiger charge is 2.16. The summed E-state index contributed by atoms with van der Waals surface area (Å²) in [7, 11) is 1.54. The van der Waals surface area contributed by atoms with Crippen LogP contribution in [-0.2, 0) is 0 Å². The molecule has 2 aromatic carbocycles. The molecule has 0 saturated heterocycles. The average Bonchev–Trinajstić information content (AvgIpc) is 3.30. The quantitative estimate of drug-likeness (QED) is 0.729. The van der Waals surface area contributed by atoms with Gasteiger partial charge in [-0.3, -0.25) is 5.32 Å². The maximum atomic E-state index is 12.2. The number of aromatic nitrogens is 2. The Morgan fingerprint density at radius 3 is 2.85 bits per heavy atom. The van der Waals surface area contributed by atoms with E-state index >= 15 is 0 Å². The Labute approximate surface area is 152 Å².